The van der Waals surface area contributed by atoms with Crippen LogP contribution in [0.25, 0.3) is 0 Å². The quantitative estimate of drug-likeness (QED) is 0.801. The molecule has 4 heteroatoms. The van der Waals surface area contributed by atoms with Gasteiger partial charge in [0, 0.05) is 10.9 Å². The Morgan fingerprint density at radius 2 is 2.35 bits per heavy atom. The first-order chi connectivity index (χ1) is 8.12. The number of nitrogens with one attached hydrogen (secondary N) is 1. The summed E-state index contributed by atoms with van der Waals surface area (Å²) in [5.41, 5.74) is 2.06. The van der Waals surface area contributed by atoms with Crippen molar-refractivity contribution in [2.24, 2.45) is 0 Å². The summed E-state index contributed by atoms with van der Waals surface area (Å²) in [6.45, 7) is 5.74. The molecule has 1 aliphatic heterocycles. The van der Waals surface area contributed by atoms with Crippen molar-refractivity contribution in [3.63, 3.8) is 0 Å². The number of hydrogen-bond acceptors (Lipinski definition) is 3. The van der Waals surface area contributed by atoms with E-state index >= 15 is 0 Å². The average molecular weight is 311 g/mol. The summed E-state index contributed by atoms with van der Waals surface area (Å²) >= 11 is 4.97. The minimum absolute atomic E-state index is 0.230. The molecule has 0 bridgehead atoms. The number of hydrogen-bond donors (Lipinski definition) is 1. The largest absolute Gasteiger partial charge is 0.372 e. The summed E-state index contributed by atoms with van der Waals surface area (Å²) in [5, 5.41) is 13.4. The summed E-state index contributed by atoms with van der Waals surface area (Å²) < 4.78 is 0.952. The third-order valence-electron chi connectivity index (χ3n) is 2.58. The molecular weight excluding hydrogens is 296 g/mol. The first-order valence-electron chi connectivity index (χ1n) is 5.22. The number of thioether (sulfide) groups is 1. The summed E-state index contributed by atoms with van der Waals surface area (Å²) in [6, 6.07) is 2.48. The number of nitriles is 1. The van der Waals surface area contributed by atoms with Crippen LogP contribution in [-0.4, -0.2) is 12.3 Å². The number of allylic oxidation sites excluding steroid dienone is 4. The van der Waals surface area contributed by atoms with Gasteiger partial charge < -0.3 is 5.32 Å². The molecule has 0 radical (unpaired) electrons. The minimum Gasteiger partial charge on any atom is -0.372 e. The maximum Gasteiger partial charge on any atom is 0.0975 e. The Hall–Kier alpha value is -0.920. The van der Waals surface area contributed by atoms with Crippen molar-refractivity contribution in [1.82, 2.24) is 5.32 Å². The third-order valence-corrected chi connectivity index (χ3v) is 3.94. The molecule has 0 aromatic heterocycles. The zero-order valence-electron chi connectivity index (χ0n) is 9.96. The first kappa shape index (κ1) is 14.1. The second kappa shape index (κ2) is 6.73. The Morgan fingerprint density at radius 1 is 1.65 bits per heavy atom. The molecule has 17 heavy (non-hydrogen) atoms. The van der Waals surface area contributed by atoms with Gasteiger partial charge in [0.05, 0.1) is 22.7 Å². The van der Waals surface area contributed by atoms with E-state index in [1.54, 1.807) is 17.8 Å². The molecule has 1 unspecified atom stereocenters. The molecule has 1 heterocycles. The summed E-state index contributed by atoms with van der Waals surface area (Å²) in [4.78, 5) is 0. The number of rotatable bonds is 4. The van der Waals surface area contributed by atoms with Gasteiger partial charge in [-0.3, -0.25) is 0 Å². The van der Waals surface area contributed by atoms with E-state index in [2.05, 4.69) is 40.8 Å². The van der Waals surface area contributed by atoms with Crippen molar-refractivity contribution in [1.29, 1.82) is 5.26 Å². The van der Waals surface area contributed by atoms with Gasteiger partial charge in [-0.05, 0) is 19.3 Å². The lowest BCUT2D eigenvalue weighted by molar-refractivity contribution is 0.708. The molecule has 1 N–H and O–H groups in total. The molecule has 1 atom stereocenters. The number of halogens is 1. The smallest absolute Gasteiger partial charge is 0.0975 e. The van der Waals surface area contributed by atoms with Crippen LogP contribution in [0.15, 0.2) is 45.5 Å². The van der Waals surface area contributed by atoms with Crippen molar-refractivity contribution >= 4 is 27.7 Å². The predicted octanol–water partition coefficient (Wildman–Crippen LogP) is 3.86. The Labute approximate surface area is 115 Å². The van der Waals surface area contributed by atoms with Crippen LogP contribution in [0.3, 0.4) is 0 Å². The van der Waals surface area contributed by atoms with E-state index in [4.69, 9.17) is 5.26 Å². The highest BCUT2D eigenvalue weighted by molar-refractivity contribution is 9.11. The van der Waals surface area contributed by atoms with E-state index < -0.39 is 0 Å². The average Bonchev–Trinajstić information content (AvgIpc) is 2.78. The molecule has 0 amide bonds. The Bertz CT molecular complexity index is 441. The van der Waals surface area contributed by atoms with Gasteiger partial charge in [0.15, 0.2) is 0 Å². The Kier molecular flexibility index (Phi) is 5.60. The van der Waals surface area contributed by atoms with Gasteiger partial charge in [-0.1, -0.05) is 40.2 Å². The highest BCUT2D eigenvalue weighted by Gasteiger charge is 2.23. The van der Waals surface area contributed by atoms with Crippen LogP contribution in [0, 0.1) is 11.3 Å². The topological polar surface area (TPSA) is 35.8 Å². The van der Waals surface area contributed by atoms with Gasteiger partial charge in [0.2, 0.25) is 0 Å². The van der Waals surface area contributed by atoms with Crippen LogP contribution in [0.2, 0.25) is 0 Å². The van der Waals surface area contributed by atoms with E-state index in [1.165, 1.54) is 5.57 Å². The molecule has 0 aromatic rings. The van der Waals surface area contributed by atoms with Crippen LogP contribution < -0.4 is 5.32 Å². The lowest BCUT2D eigenvalue weighted by atomic mass is 10.0. The molecule has 90 valence electrons. The summed E-state index contributed by atoms with van der Waals surface area (Å²) in [7, 11) is 0. The summed E-state index contributed by atoms with van der Waals surface area (Å²) in [5.74, 6) is 0. The molecule has 0 aliphatic carbocycles. The van der Waals surface area contributed by atoms with Crippen LogP contribution in [0.5, 0.6) is 0 Å². The van der Waals surface area contributed by atoms with E-state index in [0.29, 0.717) is 0 Å². The lowest BCUT2D eigenvalue weighted by Crippen LogP contribution is -2.22. The fraction of sp³-hybridized carbons (Fsp3) is 0.308. The van der Waals surface area contributed by atoms with Gasteiger partial charge in [-0.25, -0.2) is 0 Å². The molecule has 0 aromatic carbocycles. The fourth-order valence-electron chi connectivity index (χ4n) is 1.54. The molecule has 0 saturated carbocycles. The van der Waals surface area contributed by atoms with Gasteiger partial charge in [0.25, 0.3) is 0 Å². The zero-order chi connectivity index (χ0) is 12.8. The van der Waals surface area contributed by atoms with E-state index in [0.717, 1.165) is 21.5 Å². The highest BCUT2D eigenvalue weighted by Crippen LogP contribution is 2.28. The van der Waals surface area contributed by atoms with Crippen molar-refractivity contribution in [2.45, 2.75) is 19.4 Å². The third kappa shape index (κ3) is 3.79. The van der Waals surface area contributed by atoms with Gasteiger partial charge >= 0.3 is 0 Å². The second-order valence-corrected chi connectivity index (χ2v) is 5.42. The first-order valence-corrected chi connectivity index (χ1v) is 7.24. The van der Waals surface area contributed by atoms with Gasteiger partial charge in [-0.2, -0.15) is 5.26 Å². The van der Waals surface area contributed by atoms with Gasteiger partial charge in [-0.15, -0.1) is 11.8 Å². The lowest BCUT2D eigenvalue weighted by Gasteiger charge is -2.12. The normalized spacial score (nSPS) is 21.2. The molecule has 1 aliphatic rings. The molecule has 2 nitrogen and oxygen atoms in total. The van der Waals surface area contributed by atoms with E-state index in [-0.39, 0.29) is 6.04 Å². The van der Waals surface area contributed by atoms with Crippen molar-refractivity contribution < 1.29 is 0 Å². The standard InChI is InChI=1S/C13H15BrN2S/c1-4-11(14)6-5-9(2)12-7-10(8-15)13(16-12)17-3/h4-6,12,16H,1,7H2,2-3H3/b9-5+,11-6+. The Balaban J connectivity index is 2.74. The van der Waals surface area contributed by atoms with Crippen LogP contribution >= 0.6 is 27.7 Å². The van der Waals surface area contributed by atoms with Crippen LogP contribution in [0.1, 0.15) is 13.3 Å². The van der Waals surface area contributed by atoms with Crippen LogP contribution in [-0.2, 0) is 0 Å². The van der Waals surface area contributed by atoms with E-state index in [1.807, 2.05) is 18.4 Å². The van der Waals surface area contributed by atoms with Gasteiger partial charge in [0.1, 0.15) is 0 Å². The molecule has 1 rings (SSSR count). The zero-order valence-corrected chi connectivity index (χ0v) is 12.4. The molecule has 0 spiro atoms. The monoisotopic (exact) mass is 310 g/mol. The molecule has 0 saturated heterocycles. The fourth-order valence-corrected chi connectivity index (χ4v) is 2.31. The van der Waals surface area contributed by atoms with E-state index in [9.17, 15) is 0 Å². The molecular formula is C13H15BrN2S. The van der Waals surface area contributed by atoms with Crippen molar-refractivity contribution in [3.8, 4) is 6.07 Å². The number of nitrogens with zero attached hydrogens (tertiary/aromatic N) is 1. The highest BCUT2D eigenvalue weighted by atomic mass is 79.9. The SMILES string of the molecule is C=C/C(Br)=C\C=C(/C)C1CC(C#N)=C(SC)N1. The van der Waals surface area contributed by atoms with Crippen molar-refractivity contribution in [3.05, 3.63) is 45.5 Å². The maximum absolute atomic E-state index is 9.01. The second-order valence-electron chi connectivity index (χ2n) is 3.69. The van der Waals surface area contributed by atoms with Crippen molar-refractivity contribution in [2.75, 3.05) is 6.26 Å². The molecule has 0 fully saturated rings. The minimum atomic E-state index is 0.230. The summed E-state index contributed by atoms with van der Waals surface area (Å²) in [6.07, 6.45) is 8.51. The Morgan fingerprint density at radius 3 is 2.82 bits per heavy atom. The maximum atomic E-state index is 9.01. The van der Waals surface area contributed by atoms with Crippen LogP contribution in [0.4, 0.5) is 0 Å². The predicted molar refractivity (Wildman–Crippen MR) is 78.7 cm³/mol.